The highest BCUT2D eigenvalue weighted by Gasteiger charge is 2.10. The smallest absolute Gasteiger partial charge is 0.122 e. The van der Waals surface area contributed by atoms with Crippen LogP contribution in [0.15, 0.2) is 17.1 Å². The van der Waals surface area contributed by atoms with E-state index >= 15 is 0 Å². The van der Waals surface area contributed by atoms with Gasteiger partial charge in [-0.2, -0.15) is 0 Å². The fourth-order valence-electron chi connectivity index (χ4n) is 2.67. The zero-order chi connectivity index (χ0) is 16.4. The highest BCUT2D eigenvalue weighted by molar-refractivity contribution is 6.00. The Morgan fingerprint density at radius 1 is 1.09 bits per heavy atom. The summed E-state index contributed by atoms with van der Waals surface area (Å²) in [5.41, 5.74) is 4.03. The Kier molecular flexibility index (Phi) is 8.83. The number of aromatic hydroxyl groups is 1. The standard InChI is InChI=1S/C19H31NO2/c1-4-13-20-16(3)18-12-11-17(19(22)15(18)2)10-8-6-5-7-9-14-21/h11-12,21-22H,4-10,13-14H2,1-3H3. The van der Waals surface area contributed by atoms with Crippen LogP contribution in [-0.4, -0.2) is 29.1 Å². The normalized spacial score (nSPS) is 11.9. The summed E-state index contributed by atoms with van der Waals surface area (Å²) in [5.74, 6) is 0.430. The van der Waals surface area contributed by atoms with E-state index in [1.54, 1.807) is 0 Å². The van der Waals surface area contributed by atoms with Crippen LogP contribution in [0.4, 0.5) is 0 Å². The molecule has 0 spiro atoms. The molecule has 0 saturated carbocycles. The number of aliphatic imine (C=N–C) groups is 1. The lowest BCUT2D eigenvalue weighted by Crippen LogP contribution is -2.01. The van der Waals surface area contributed by atoms with Crippen molar-refractivity contribution in [2.45, 2.75) is 65.7 Å². The number of hydrogen-bond donors (Lipinski definition) is 2. The van der Waals surface area contributed by atoms with E-state index in [9.17, 15) is 5.11 Å². The van der Waals surface area contributed by atoms with Crippen molar-refractivity contribution in [2.75, 3.05) is 13.2 Å². The Hall–Kier alpha value is -1.35. The van der Waals surface area contributed by atoms with Crippen LogP contribution in [0.1, 0.15) is 69.1 Å². The number of hydrogen-bond acceptors (Lipinski definition) is 3. The number of aliphatic hydroxyl groups excluding tert-OH is 1. The molecule has 3 heteroatoms. The van der Waals surface area contributed by atoms with E-state index in [-0.39, 0.29) is 0 Å². The molecule has 0 aliphatic heterocycles. The van der Waals surface area contributed by atoms with Crippen molar-refractivity contribution < 1.29 is 10.2 Å². The third-order valence-electron chi connectivity index (χ3n) is 4.08. The number of nitrogens with zero attached hydrogens (tertiary/aromatic N) is 1. The average Bonchev–Trinajstić information content (AvgIpc) is 2.52. The molecule has 0 atom stereocenters. The molecule has 2 N–H and O–H groups in total. The Morgan fingerprint density at radius 3 is 2.45 bits per heavy atom. The quantitative estimate of drug-likeness (QED) is 0.497. The van der Waals surface area contributed by atoms with Crippen molar-refractivity contribution in [2.24, 2.45) is 4.99 Å². The molecule has 0 saturated heterocycles. The fourth-order valence-corrected chi connectivity index (χ4v) is 2.67. The average molecular weight is 305 g/mol. The van der Waals surface area contributed by atoms with Gasteiger partial charge in [-0.15, -0.1) is 0 Å². The third-order valence-corrected chi connectivity index (χ3v) is 4.08. The summed E-state index contributed by atoms with van der Waals surface area (Å²) in [6.07, 6.45) is 7.33. The van der Waals surface area contributed by atoms with Gasteiger partial charge in [0.15, 0.2) is 0 Å². The number of rotatable bonds is 10. The Bertz CT molecular complexity index is 481. The Labute approximate surface area is 135 Å². The third kappa shape index (κ3) is 5.80. The molecule has 0 aliphatic rings. The predicted octanol–water partition coefficient (Wildman–Crippen LogP) is 4.40. The first-order chi connectivity index (χ1) is 10.6. The second-order valence-corrected chi connectivity index (χ2v) is 5.95. The molecule has 0 fully saturated rings. The zero-order valence-electron chi connectivity index (χ0n) is 14.4. The van der Waals surface area contributed by atoms with Crippen molar-refractivity contribution in [3.63, 3.8) is 0 Å². The maximum atomic E-state index is 10.4. The van der Waals surface area contributed by atoms with E-state index < -0.39 is 0 Å². The van der Waals surface area contributed by atoms with Crippen molar-refractivity contribution in [1.82, 2.24) is 0 Å². The first-order valence-electron chi connectivity index (χ1n) is 8.55. The maximum absolute atomic E-state index is 10.4. The van der Waals surface area contributed by atoms with Crippen molar-refractivity contribution in [3.8, 4) is 5.75 Å². The second kappa shape index (κ2) is 10.4. The number of benzene rings is 1. The summed E-state index contributed by atoms with van der Waals surface area (Å²) in [4.78, 5) is 4.53. The maximum Gasteiger partial charge on any atom is 0.122 e. The molecular weight excluding hydrogens is 274 g/mol. The van der Waals surface area contributed by atoms with Gasteiger partial charge in [0.05, 0.1) is 0 Å². The van der Waals surface area contributed by atoms with Gasteiger partial charge in [0.2, 0.25) is 0 Å². The number of phenols is 1. The molecule has 124 valence electrons. The van der Waals surface area contributed by atoms with Crippen LogP contribution in [0.3, 0.4) is 0 Å². The minimum absolute atomic E-state index is 0.292. The number of unbranched alkanes of at least 4 members (excludes halogenated alkanes) is 4. The molecule has 22 heavy (non-hydrogen) atoms. The Balaban J connectivity index is 2.62. The molecule has 0 heterocycles. The van der Waals surface area contributed by atoms with Crippen molar-refractivity contribution in [3.05, 3.63) is 28.8 Å². The molecule has 1 aromatic carbocycles. The molecular formula is C19H31NO2. The van der Waals surface area contributed by atoms with Crippen LogP contribution in [0.2, 0.25) is 0 Å². The van der Waals surface area contributed by atoms with E-state index in [1.807, 2.05) is 19.9 Å². The van der Waals surface area contributed by atoms with E-state index in [0.29, 0.717) is 12.4 Å². The largest absolute Gasteiger partial charge is 0.507 e. The summed E-state index contributed by atoms with van der Waals surface area (Å²) in [6.45, 7) is 7.23. The SMILES string of the molecule is CCCN=C(C)c1ccc(CCCCCCCO)c(O)c1C. The first-order valence-corrected chi connectivity index (χ1v) is 8.55. The lowest BCUT2D eigenvalue weighted by molar-refractivity contribution is 0.282. The monoisotopic (exact) mass is 305 g/mol. The number of aryl methyl sites for hydroxylation is 1. The summed E-state index contributed by atoms with van der Waals surface area (Å²) < 4.78 is 0. The van der Waals surface area contributed by atoms with Crippen LogP contribution in [0.5, 0.6) is 5.75 Å². The summed E-state index contributed by atoms with van der Waals surface area (Å²) in [5, 5.41) is 19.2. The first kappa shape index (κ1) is 18.7. The van der Waals surface area contributed by atoms with Gasteiger partial charge in [-0.05, 0) is 45.1 Å². The van der Waals surface area contributed by atoms with Crippen LogP contribution in [0.25, 0.3) is 0 Å². The highest BCUT2D eigenvalue weighted by atomic mass is 16.3. The second-order valence-electron chi connectivity index (χ2n) is 5.95. The van der Waals surface area contributed by atoms with Crippen LogP contribution < -0.4 is 0 Å². The summed E-state index contributed by atoms with van der Waals surface area (Å²) in [6, 6.07) is 4.13. The Morgan fingerprint density at radius 2 is 1.77 bits per heavy atom. The summed E-state index contributed by atoms with van der Waals surface area (Å²) in [7, 11) is 0. The van der Waals surface area contributed by atoms with E-state index in [1.165, 1.54) is 0 Å². The van der Waals surface area contributed by atoms with Gasteiger partial charge >= 0.3 is 0 Å². The van der Waals surface area contributed by atoms with Crippen molar-refractivity contribution >= 4 is 5.71 Å². The lowest BCUT2D eigenvalue weighted by atomic mass is 9.97. The van der Waals surface area contributed by atoms with Crippen molar-refractivity contribution in [1.29, 1.82) is 0 Å². The zero-order valence-corrected chi connectivity index (χ0v) is 14.4. The topological polar surface area (TPSA) is 52.8 Å². The highest BCUT2D eigenvalue weighted by Crippen LogP contribution is 2.27. The molecule has 1 rings (SSSR count). The van der Waals surface area contributed by atoms with Gasteiger partial charge in [0.1, 0.15) is 5.75 Å². The van der Waals surface area contributed by atoms with Gasteiger partial charge in [-0.25, -0.2) is 0 Å². The molecule has 3 nitrogen and oxygen atoms in total. The molecule has 0 amide bonds. The van der Waals surface area contributed by atoms with Crippen LogP contribution in [0, 0.1) is 6.92 Å². The molecule has 0 aromatic heterocycles. The minimum Gasteiger partial charge on any atom is -0.507 e. The van der Waals surface area contributed by atoms with Gasteiger partial charge in [-0.1, -0.05) is 38.3 Å². The fraction of sp³-hybridized carbons (Fsp3) is 0.632. The van der Waals surface area contributed by atoms with Gasteiger partial charge in [0, 0.05) is 30.0 Å². The van der Waals surface area contributed by atoms with Gasteiger partial charge in [-0.3, -0.25) is 4.99 Å². The molecule has 0 radical (unpaired) electrons. The molecule has 0 unspecified atom stereocenters. The molecule has 1 aromatic rings. The predicted molar refractivity (Wildman–Crippen MR) is 94.1 cm³/mol. The van der Waals surface area contributed by atoms with Gasteiger partial charge in [0.25, 0.3) is 0 Å². The van der Waals surface area contributed by atoms with Crippen LogP contribution in [-0.2, 0) is 6.42 Å². The van der Waals surface area contributed by atoms with E-state index in [2.05, 4.69) is 18.0 Å². The van der Waals surface area contributed by atoms with Crippen LogP contribution >= 0.6 is 0 Å². The van der Waals surface area contributed by atoms with Gasteiger partial charge < -0.3 is 10.2 Å². The molecule has 0 aliphatic carbocycles. The van der Waals surface area contributed by atoms with E-state index in [0.717, 1.165) is 73.9 Å². The lowest BCUT2D eigenvalue weighted by Gasteiger charge is -2.12. The van der Waals surface area contributed by atoms with E-state index in [4.69, 9.17) is 5.11 Å². The number of phenolic OH excluding ortho intramolecular Hbond substituents is 1. The molecule has 0 bridgehead atoms. The minimum atomic E-state index is 0.292. The summed E-state index contributed by atoms with van der Waals surface area (Å²) >= 11 is 0. The number of aliphatic hydroxyl groups is 1.